The first-order valence-electron chi connectivity index (χ1n) is 7.71. The number of carbonyl (C=O) groups is 1. The van der Waals surface area contributed by atoms with Crippen LogP contribution in [0.25, 0.3) is 33.9 Å². The number of hydrogen-bond acceptors (Lipinski definition) is 6. The third-order valence-corrected chi connectivity index (χ3v) is 4.00. The van der Waals surface area contributed by atoms with E-state index in [9.17, 15) is 14.0 Å². The first-order valence-corrected chi connectivity index (χ1v) is 7.71. The summed E-state index contributed by atoms with van der Waals surface area (Å²) in [4.78, 5) is 30.2. The average molecular weight is 369 g/mol. The normalized spacial score (nSPS) is 11.0. The van der Waals surface area contributed by atoms with Gasteiger partial charge in [0.1, 0.15) is 17.2 Å². The van der Waals surface area contributed by atoms with Crippen LogP contribution in [0.5, 0.6) is 5.75 Å². The summed E-state index contributed by atoms with van der Waals surface area (Å²) in [5.74, 6) is -1.82. The Morgan fingerprint density at radius 2 is 2.11 bits per heavy atom. The topological polar surface area (TPSA) is 140 Å². The van der Waals surface area contributed by atoms with E-state index >= 15 is 0 Å². The standard InChI is InChI=1S/C17H12FN5O4/c1-26-13-8(14(19)24)5-6-10-12(13)21-15(20-10)11-7(3-2-4-9(11)18)16-22-23-17(25)27-16/h2-6H,1H3,(H2,19,24)(H,20,21)(H,23,25). The molecule has 4 N–H and O–H groups in total. The SMILES string of the molecule is COc1c(C(N)=O)ccc2[nH]c(-c3c(F)cccc3-c3n[nH]c(=O)o3)nc12. The van der Waals surface area contributed by atoms with E-state index in [1.165, 1.54) is 31.4 Å². The van der Waals surface area contributed by atoms with Gasteiger partial charge in [-0.1, -0.05) is 6.07 Å². The summed E-state index contributed by atoms with van der Waals surface area (Å²) in [6.45, 7) is 0. The molecule has 0 atom stereocenters. The lowest BCUT2D eigenvalue weighted by molar-refractivity contribution is 0.0997. The highest BCUT2D eigenvalue weighted by atomic mass is 19.1. The molecule has 0 aliphatic rings. The number of nitrogens with one attached hydrogen (secondary N) is 2. The Kier molecular flexibility index (Phi) is 3.73. The van der Waals surface area contributed by atoms with Gasteiger partial charge in [0, 0.05) is 0 Å². The van der Waals surface area contributed by atoms with E-state index in [4.69, 9.17) is 14.9 Å². The summed E-state index contributed by atoms with van der Waals surface area (Å²) in [5.41, 5.74) is 6.59. The molecule has 0 saturated carbocycles. The molecule has 0 fully saturated rings. The van der Waals surface area contributed by atoms with Crippen molar-refractivity contribution in [2.45, 2.75) is 0 Å². The summed E-state index contributed by atoms with van der Waals surface area (Å²) in [6.07, 6.45) is 0. The van der Waals surface area contributed by atoms with Crippen LogP contribution in [-0.4, -0.2) is 33.2 Å². The number of nitrogens with zero attached hydrogens (tertiary/aromatic N) is 2. The van der Waals surface area contributed by atoms with E-state index in [1.54, 1.807) is 6.07 Å². The number of rotatable bonds is 4. The summed E-state index contributed by atoms with van der Waals surface area (Å²) in [7, 11) is 1.38. The number of carbonyl (C=O) groups excluding carboxylic acids is 1. The van der Waals surface area contributed by atoms with E-state index in [0.29, 0.717) is 11.0 Å². The van der Waals surface area contributed by atoms with Crippen molar-refractivity contribution in [1.29, 1.82) is 0 Å². The number of ether oxygens (including phenoxy) is 1. The lowest BCUT2D eigenvalue weighted by Crippen LogP contribution is -2.12. The maximum atomic E-state index is 14.6. The number of imidazole rings is 1. The first kappa shape index (κ1) is 16.5. The fourth-order valence-corrected chi connectivity index (χ4v) is 2.86. The monoisotopic (exact) mass is 369 g/mol. The first-order chi connectivity index (χ1) is 13.0. The smallest absolute Gasteiger partial charge is 0.434 e. The number of nitrogens with two attached hydrogens (primary N) is 1. The second-order valence-electron chi connectivity index (χ2n) is 5.57. The molecule has 27 heavy (non-hydrogen) atoms. The highest BCUT2D eigenvalue weighted by Crippen LogP contribution is 2.35. The number of aromatic nitrogens is 4. The summed E-state index contributed by atoms with van der Waals surface area (Å²) >= 11 is 0. The van der Waals surface area contributed by atoms with E-state index in [2.05, 4.69) is 20.2 Å². The largest absolute Gasteiger partial charge is 0.494 e. The number of benzene rings is 2. The van der Waals surface area contributed by atoms with Gasteiger partial charge in [0.05, 0.1) is 29.3 Å². The molecule has 2 aromatic heterocycles. The van der Waals surface area contributed by atoms with Crippen molar-refractivity contribution in [2.75, 3.05) is 7.11 Å². The molecule has 1 amide bonds. The van der Waals surface area contributed by atoms with Gasteiger partial charge in [-0.3, -0.25) is 4.79 Å². The number of primary amides is 1. The zero-order chi connectivity index (χ0) is 19.1. The Bertz CT molecular complexity index is 1240. The van der Waals surface area contributed by atoms with Crippen molar-refractivity contribution in [1.82, 2.24) is 20.2 Å². The lowest BCUT2D eigenvalue weighted by atomic mass is 10.1. The Hall–Kier alpha value is -3.95. The summed E-state index contributed by atoms with van der Waals surface area (Å²) in [5, 5.41) is 5.87. The quantitative estimate of drug-likeness (QED) is 0.501. The molecule has 0 spiro atoms. The third kappa shape index (κ3) is 2.63. The number of amides is 1. The predicted octanol–water partition coefficient (Wildman–Crippen LogP) is 1.82. The fraction of sp³-hybridized carbons (Fsp3) is 0.0588. The van der Waals surface area contributed by atoms with Crippen molar-refractivity contribution >= 4 is 16.9 Å². The molecule has 4 aromatic rings. The van der Waals surface area contributed by atoms with Crippen LogP contribution in [0.2, 0.25) is 0 Å². The Morgan fingerprint density at radius 1 is 1.30 bits per heavy atom. The molecule has 10 heteroatoms. The Balaban J connectivity index is 1.99. The molecule has 0 saturated heterocycles. The molecule has 9 nitrogen and oxygen atoms in total. The van der Waals surface area contributed by atoms with Crippen molar-refractivity contribution in [3.05, 3.63) is 52.3 Å². The van der Waals surface area contributed by atoms with Gasteiger partial charge in [-0.05, 0) is 24.3 Å². The summed E-state index contributed by atoms with van der Waals surface area (Å²) in [6, 6.07) is 7.31. The Morgan fingerprint density at radius 3 is 2.78 bits per heavy atom. The molecule has 0 radical (unpaired) electrons. The second-order valence-corrected chi connectivity index (χ2v) is 5.57. The third-order valence-electron chi connectivity index (χ3n) is 4.00. The molecule has 4 rings (SSSR count). The molecule has 0 bridgehead atoms. The summed E-state index contributed by atoms with van der Waals surface area (Å²) < 4.78 is 24.8. The minimum atomic E-state index is -0.766. The molecule has 0 aliphatic heterocycles. The van der Waals surface area contributed by atoms with E-state index < -0.39 is 17.5 Å². The maximum Gasteiger partial charge on any atom is 0.434 e. The van der Waals surface area contributed by atoms with Crippen molar-refractivity contribution in [3.63, 3.8) is 0 Å². The molecule has 2 aromatic carbocycles. The number of halogens is 1. The van der Waals surface area contributed by atoms with E-state index in [-0.39, 0.29) is 34.2 Å². The van der Waals surface area contributed by atoms with Crippen LogP contribution in [0, 0.1) is 5.82 Å². The molecule has 2 heterocycles. The van der Waals surface area contributed by atoms with Crippen LogP contribution < -0.4 is 16.2 Å². The molecule has 0 aliphatic carbocycles. The van der Waals surface area contributed by atoms with Crippen molar-refractivity contribution in [2.24, 2.45) is 5.73 Å². The molecule has 136 valence electrons. The predicted molar refractivity (Wildman–Crippen MR) is 92.7 cm³/mol. The number of hydrogen-bond donors (Lipinski definition) is 3. The number of H-pyrrole nitrogens is 2. The van der Waals surface area contributed by atoms with Gasteiger partial charge in [-0.25, -0.2) is 19.3 Å². The van der Waals surface area contributed by atoms with Crippen LogP contribution in [-0.2, 0) is 0 Å². The molecule has 0 unspecified atom stereocenters. The number of methoxy groups -OCH3 is 1. The fourth-order valence-electron chi connectivity index (χ4n) is 2.86. The Labute approximate surface area is 150 Å². The average Bonchev–Trinajstić information content (AvgIpc) is 3.26. The van der Waals surface area contributed by atoms with Crippen LogP contribution in [0.15, 0.2) is 39.5 Å². The zero-order valence-corrected chi connectivity index (χ0v) is 13.9. The van der Waals surface area contributed by atoms with Gasteiger partial charge in [-0.2, -0.15) is 0 Å². The van der Waals surface area contributed by atoms with Gasteiger partial charge < -0.3 is 19.9 Å². The highest BCUT2D eigenvalue weighted by Gasteiger charge is 2.22. The lowest BCUT2D eigenvalue weighted by Gasteiger charge is -2.05. The molecular weight excluding hydrogens is 357 g/mol. The van der Waals surface area contributed by atoms with Crippen molar-refractivity contribution < 1.29 is 18.3 Å². The van der Waals surface area contributed by atoms with Crippen molar-refractivity contribution in [3.8, 4) is 28.6 Å². The minimum absolute atomic E-state index is 0.0478. The van der Waals surface area contributed by atoms with E-state index in [0.717, 1.165) is 0 Å². The van der Waals surface area contributed by atoms with E-state index in [1.807, 2.05) is 0 Å². The van der Waals surface area contributed by atoms with Crippen LogP contribution in [0.4, 0.5) is 4.39 Å². The van der Waals surface area contributed by atoms with Crippen LogP contribution in [0.3, 0.4) is 0 Å². The van der Waals surface area contributed by atoms with Gasteiger partial charge in [0.25, 0.3) is 5.91 Å². The van der Waals surface area contributed by atoms with Gasteiger partial charge in [0.2, 0.25) is 5.89 Å². The number of aromatic amines is 2. The minimum Gasteiger partial charge on any atom is -0.494 e. The zero-order valence-electron chi connectivity index (χ0n) is 13.9. The van der Waals surface area contributed by atoms with Gasteiger partial charge in [-0.15, -0.1) is 5.10 Å². The number of fused-ring (bicyclic) bond motifs is 1. The van der Waals surface area contributed by atoms with Crippen LogP contribution >= 0.6 is 0 Å². The molecular formula is C17H12FN5O4. The van der Waals surface area contributed by atoms with Gasteiger partial charge in [0.15, 0.2) is 5.75 Å². The van der Waals surface area contributed by atoms with Gasteiger partial charge >= 0.3 is 5.76 Å². The maximum absolute atomic E-state index is 14.6. The second kappa shape index (κ2) is 6.09. The van der Waals surface area contributed by atoms with Crippen LogP contribution in [0.1, 0.15) is 10.4 Å². The highest BCUT2D eigenvalue weighted by molar-refractivity contribution is 6.02.